The Morgan fingerprint density at radius 1 is 1.04 bits per heavy atom. The molecule has 2 aromatic carbocycles. The van der Waals surface area contributed by atoms with Gasteiger partial charge in [-0.15, -0.1) is 0 Å². The molecular formula is C19H18F3N3O2. The number of carbonyl (C=O) groups excluding carboxylic acids is 2. The van der Waals surface area contributed by atoms with Crippen molar-refractivity contribution in [3.05, 3.63) is 53.6 Å². The first-order chi connectivity index (χ1) is 12.7. The van der Waals surface area contributed by atoms with Gasteiger partial charge < -0.3 is 15.5 Å². The third-order valence-corrected chi connectivity index (χ3v) is 4.30. The molecule has 3 amide bonds. The number of carbonyl (C=O) groups is 2. The van der Waals surface area contributed by atoms with Gasteiger partial charge in [0.1, 0.15) is 0 Å². The lowest BCUT2D eigenvalue weighted by atomic mass is 10.1. The third-order valence-electron chi connectivity index (χ3n) is 4.30. The van der Waals surface area contributed by atoms with Crippen molar-refractivity contribution in [2.45, 2.75) is 25.9 Å². The second-order valence-corrected chi connectivity index (χ2v) is 6.30. The van der Waals surface area contributed by atoms with Crippen molar-refractivity contribution in [3.8, 4) is 0 Å². The molecule has 8 heteroatoms. The van der Waals surface area contributed by atoms with E-state index in [1.807, 2.05) is 6.92 Å². The van der Waals surface area contributed by atoms with Crippen LogP contribution in [0.5, 0.6) is 0 Å². The number of hydrogen-bond donors (Lipinski definition) is 2. The van der Waals surface area contributed by atoms with E-state index in [4.69, 9.17) is 0 Å². The van der Waals surface area contributed by atoms with Gasteiger partial charge in [-0.25, -0.2) is 4.79 Å². The number of amides is 3. The number of halogens is 3. The van der Waals surface area contributed by atoms with Crippen LogP contribution in [-0.2, 0) is 11.0 Å². The summed E-state index contributed by atoms with van der Waals surface area (Å²) in [6.07, 6.45) is -3.12. The Labute approximate surface area is 154 Å². The summed E-state index contributed by atoms with van der Waals surface area (Å²) in [5.74, 6) is 0.0458. The van der Waals surface area contributed by atoms with Crippen molar-refractivity contribution in [3.63, 3.8) is 0 Å². The van der Waals surface area contributed by atoms with Gasteiger partial charge in [0.25, 0.3) is 0 Å². The smallest absolute Gasteiger partial charge is 0.312 e. The molecule has 0 aromatic heterocycles. The molecule has 0 unspecified atom stereocenters. The first-order valence-electron chi connectivity index (χ1n) is 8.40. The zero-order valence-corrected chi connectivity index (χ0v) is 14.6. The maximum absolute atomic E-state index is 12.6. The van der Waals surface area contributed by atoms with E-state index in [9.17, 15) is 22.8 Å². The number of nitrogens with one attached hydrogen (secondary N) is 2. The summed E-state index contributed by atoms with van der Waals surface area (Å²) >= 11 is 0. The monoisotopic (exact) mass is 377 g/mol. The van der Waals surface area contributed by atoms with Gasteiger partial charge >= 0.3 is 12.2 Å². The third kappa shape index (κ3) is 4.39. The fourth-order valence-corrected chi connectivity index (χ4v) is 2.92. The molecular weight excluding hydrogens is 359 g/mol. The van der Waals surface area contributed by atoms with Gasteiger partial charge in [-0.1, -0.05) is 6.07 Å². The number of anilines is 3. The molecule has 1 aliphatic rings. The number of benzene rings is 2. The zero-order valence-electron chi connectivity index (χ0n) is 14.6. The van der Waals surface area contributed by atoms with Crippen LogP contribution >= 0.6 is 0 Å². The van der Waals surface area contributed by atoms with Crippen LogP contribution in [-0.4, -0.2) is 18.5 Å². The molecule has 1 aliphatic heterocycles. The molecule has 142 valence electrons. The molecule has 2 N–H and O–H groups in total. The fraction of sp³-hybridized carbons (Fsp3) is 0.263. The van der Waals surface area contributed by atoms with Gasteiger partial charge in [-0.3, -0.25) is 4.79 Å². The first kappa shape index (κ1) is 18.8. The van der Waals surface area contributed by atoms with Gasteiger partial charge in [0.2, 0.25) is 5.91 Å². The molecule has 0 spiro atoms. The average Bonchev–Trinajstić information content (AvgIpc) is 3.02. The van der Waals surface area contributed by atoms with E-state index in [1.165, 1.54) is 12.1 Å². The summed E-state index contributed by atoms with van der Waals surface area (Å²) in [6, 6.07) is 8.80. The molecule has 27 heavy (non-hydrogen) atoms. The summed E-state index contributed by atoms with van der Waals surface area (Å²) in [4.78, 5) is 25.8. The molecule has 0 atom stereocenters. The van der Waals surface area contributed by atoms with Gasteiger partial charge in [0.15, 0.2) is 0 Å². The highest BCUT2D eigenvalue weighted by Crippen LogP contribution is 2.30. The summed E-state index contributed by atoms with van der Waals surface area (Å²) in [6.45, 7) is 2.52. The highest BCUT2D eigenvalue weighted by atomic mass is 19.4. The quantitative estimate of drug-likeness (QED) is 0.808. The van der Waals surface area contributed by atoms with Crippen molar-refractivity contribution >= 4 is 29.0 Å². The lowest BCUT2D eigenvalue weighted by molar-refractivity contribution is -0.137. The summed E-state index contributed by atoms with van der Waals surface area (Å²) in [5.41, 5.74) is 1.60. The fourth-order valence-electron chi connectivity index (χ4n) is 2.92. The standard InChI is InChI=1S/C19H18F3N3O2/c1-12-4-7-15(11-16(12)25-10-2-3-17(25)26)24-18(27)23-14-8-5-13(6-9-14)19(20,21)22/h4-9,11H,2-3,10H2,1H3,(H2,23,24,27). The van der Waals surface area contributed by atoms with Crippen molar-refractivity contribution in [1.82, 2.24) is 0 Å². The molecule has 0 aliphatic carbocycles. The predicted molar refractivity (Wildman–Crippen MR) is 96.9 cm³/mol. The lowest BCUT2D eigenvalue weighted by Gasteiger charge is -2.19. The maximum atomic E-state index is 12.6. The number of urea groups is 1. The summed E-state index contributed by atoms with van der Waals surface area (Å²) < 4.78 is 37.7. The van der Waals surface area contributed by atoms with Crippen LogP contribution in [0.2, 0.25) is 0 Å². The minimum absolute atomic E-state index is 0.0458. The number of aryl methyl sites for hydroxylation is 1. The van der Waals surface area contributed by atoms with Gasteiger partial charge in [0.05, 0.1) is 5.56 Å². The van der Waals surface area contributed by atoms with Crippen LogP contribution in [0.1, 0.15) is 24.0 Å². The van der Waals surface area contributed by atoms with Crippen molar-refractivity contribution in [2.75, 3.05) is 22.1 Å². The van der Waals surface area contributed by atoms with Crippen molar-refractivity contribution in [2.24, 2.45) is 0 Å². The molecule has 1 saturated heterocycles. The van der Waals surface area contributed by atoms with Crippen LogP contribution < -0.4 is 15.5 Å². The van der Waals surface area contributed by atoms with Gasteiger partial charge in [0, 0.05) is 30.0 Å². The Bertz CT molecular complexity index is 863. The van der Waals surface area contributed by atoms with Crippen molar-refractivity contribution < 1.29 is 22.8 Å². The molecule has 0 saturated carbocycles. The predicted octanol–water partition coefficient (Wildman–Crippen LogP) is 4.78. The SMILES string of the molecule is Cc1ccc(NC(=O)Nc2ccc(C(F)(F)F)cc2)cc1N1CCCC1=O. The largest absolute Gasteiger partial charge is 0.416 e. The van der Waals surface area contributed by atoms with Crippen LogP contribution in [0.25, 0.3) is 0 Å². The minimum Gasteiger partial charge on any atom is -0.312 e. The van der Waals surface area contributed by atoms with Crippen LogP contribution in [0, 0.1) is 6.92 Å². The normalized spacial score (nSPS) is 14.4. The Hall–Kier alpha value is -3.03. The molecule has 1 fully saturated rings. The summed E-state index contributed by atoms with van der Waals surface area (Å²) in [5, 5.41) is 5.11. The van der Waals surface area contributed by atoms with E-state index >= 15 is 0 Å². The molecule has 1 heterocycles. The Balaban J connectivity index is 1.68. The molecule has 2 aromatic rings. The van der Waals surface area contributed by atoms with E-state index in [0.717, 1.165) is 29.8 Å². The highest BCUT2D eigenvalue weighted by Gasteiger charge is 2.30. The van der Waals surface area contributed by atoms with Crippen molar-refractivity contribution in [1.29, 1.82) is 0 Å². The average molecular weight is 377 g/mol. The number of alkyl halides is 3. The van der Waals surface area contributed by atoms with Crippen LogP contribution in [0.4, 0.5) is 35.0 Å². The van der Waals surface area contributed by atoms with E-state index in [0.29, 0.717) is 18.7 Å². The molecule has 3 rings (SSSR count). The number of hydrogen-bond acceptors (Lipinski definition) is 2. The maximum Gasteiger partial charge on any atom is 0.416 e. The van der Waals surface area contributed by atoms with Crippen LogP contribution in [0.15, 0.2) is 42.5 Å². The second kappa shape index (κ2) is 7.30. The Morgan fingerprint density at radius 2 is 1.67 bits per heavy atom. The van der Waals surface area contributed by atoms with Gasteiger partial charge in [-0.2, -0.15) is 13.2 Å². The molecule has 0 radical (unpaired) electrons. The molecule has 0 bridgehead atoms. The molecule has 5 nitrogen and oxygen atoms in total. The number of rotatable bonds is 3. The topological polar surface area (TPSA) is 61.4 Å². The first-order valence-corrected chi connectivity index (χ1v) is 8.40. The minimum atomic E-state index is -4.42. The summed E-state index contributed by atoms with van der Waals surface area (Å²) in [7, 11) is 0. The van der Waals surface area contributed by atoms with E-state index < -0.39 is 17.8 Å². The Kier molecular flexibility index (Phi) is 5.07. The highest BCUT2D eigenvalue weighted by molar-refractivity contribution is 6.01. The second-order valence-electron chi connectivity index (χ2n) is 6.30. The number of nitrogens with zero attached hydrogens (tertiary/aromatic N) is 1. The van der Waals surface area contributed by atoms with E-state index in [-0.39, 0.29) is 11.6 Å². The van der Waals surface area contributed by atoms with E-state index in [2.05, 4.69) is 10.6 Å². The van der Waals surface area contributed by atoms with E-state index in [1.54, 1.807) is 23.1 Å². The lowest BCUT2D eigenvalue weighted by Crippen LogP contribution is -2.25. The van der Waals surface area contributed by atoms with Gasteiger partial charge in [-0.05, 0) is 55.3 Å². The zero-order chi connectivity index (χ0) is 19.6. The van der Waals surface area contributed by atoms with Crippen LogP contribution in [0.3, 0.4) is 0 Å². The Morgan fingerprint density at radius 3 is 2.26 bits per heavy atom.